The van der Waals surface area contributed by atoms with Gasteiger partial charge in [-0.3, -0.25) is 4.98 Å². The predicted molar refractivity (Wildman–Crippen MR) is 88.3 cm³/mol. The lowest BCUT2D eigenvalue weighted by Crippen LogP contribution is -2.19. The topological polar surface area (TPSA) is 92.2 Å². The Kier molecular flexibility index (Phi) is 5.33. The molecule has 0 bridgehead atoms. The molecule has 0 radical (unpaired) electrons. The van der Waals surface area contributed by atoms with Crippen LogP contribution in [0.3, 0.4) is 0 Å². The van der Waals surface area contributed by atoms with E-state index in [1.165, 1.54) is 0 Å². The summed E-state index contributed by atoms with van der Waals surface area (Å²) >= 11 is 0. The first-order valence-electron chi connectivity index (χ1n) is 7.85. The van der Waals surface area contributed by atoms with Crippen molar-refractivity contribution in [1.29, 1.82) is 0 Å². The molecule has 0 unspecified atom stereocenters. The van der Waals surface area contributed by atoms with Crippen LogP contribution in [0.4, 0.5) is 11.8 Å². The van der Waals surface area contributed by atoms with Crippen LogP contribution in [0.25, 0.3) is 11.3 Å². The number of aliphatic hydroxyl groups is 1. The molecule has 2 aromatic heterocycles. The highest BCUT2D eigenvalue weighted by molar-refractivity contribution is 5.63. The predicted octanol–water partition coefficient (Wildman–Crippen LogP) is 1.53. The molecule has 3 heterocycles. The molecule has 23 heavy (non-hydrogen) atoms. The van der Waals surface area contributed by atoms with E-state index in [-0.39, 0.29) is 12.7 Å². The number of hydrogen-bond acceptors (Lipinski definition) is 7. The molecule has 0 aliphatic carbocycles. The van der Waals surface area contributed by atoms with Crippen LogP contribution >= 0.6 is 0 Å². The first kappa shape index (κ1) is 15.6. The molecule has 7 nitrogen and oxygen atoms in total. The molecule has 3 N–H and O–H groups in total. The highest BCUT2D eigenvalue weighted by Gasteiger charge is 2.15. The monoisotopic (exact) mass is 315 g/mol. The van der Waals surface area contributed by atoms with Gasteiger partial charge in [0.1, 0.15) is 5.82 Å². The molecule has 0 aromatic carbocycles. The summed E-state index contributed by atoms with van der Waals surface area (Å²) in [5.74, 6) is 1.23. The lowest BCUT2D eigenvalue weighted by Gasteiger charge is -2.13. The fraction of sp³-hybridized carbons (Fsp3) is 0.438. The maximum Gasteiger partial charge on any atom is 0.225 e. The quantitative estimate of drug-likeness (QED) is 0.713. The van der Waals surface area contributed by atoms with Gasteiger partial charge in [-0.2, -0.15) is 4.98 Å². The number of anilines is 2. The molecule has 1 atom stereocenters. The number of aliphatic hydroxyl groups excluding tert-OH is 1. The van der Waals surface area contributed by atoms with Gasteiger partial charge in [0.05, 0.1) is 18.4 Å². The first-order valence-corrected chi connectivity index (χ1v) is 7.85. The van der Waals surface area contributed by atoms with Gasteiger partial charge in [-0.15, -0.1) is 0 Å². The summed E-state index contributed by atoms with van der Waals surface area (Å²) < 4.78 is 5.62. The zero-order valence-corrected chi connectivity index (χ0v) is 12.9. The van der Waals surface area contributed by atoms with Crippen LogP contribution in [0.5, 0.6) is 0 Å². The van der Waals surface area contributed by atoms with Crippen LogP contribution in [0.1, 0.15) is 12.8 Å². The van der Waals surface area contributed by atoms with Gasteiger partial charge in [0.2, 0.25) is 5.95 Å². The Balaban J connectivity index is 1.79. The van der Waals surface area contributed by atoms with Crippen molar-refractivity contribution in [2.45, 2.75) is 18.9 Å². The summed E-state index contributed by atoms with van der Waals surface area (Å²) in [4.78, 5) is 13.0. The molecular formula is C16H21N5O2. The maximum atomic E-state index is 8.97. The SMILES string of the molecule is OCCNc1nc(NC[C@@H]2CCCO2)cc(-c2ccncc2)n1. The maximum absolute atomic E-state index is 8.97. The zero-order chi connectivity index (χ0) is 15.9. The minimum atomic E-state index is 0.0293. The van der Waals surface area contributed by atoms with Crippen LogP contribution < -0.4 is 10.6 Å². The molecule has 1 saturated heterocycles. The molecule has 3 rings (SSSR count). The second-order valence-electron chi connectivity index (χ2n) is 5.36. The molecular weight excluding hydrogens is 294 g/mol. The van der Waals surface area contributed by atoms with E-state index in [0.717, 1.165) is 43.1 Å². The van der Waals surface area contributed by atoms with Gasteiger partial charge >= 0.3 is 0 Å². The van der Waals surface area contributed by atoms with Gasteiger partial charge in [0.25, 0.3) is 0 Å². The minimum Gasteiger partial charge on any atom is -0.395 e. The van der Waals surface area contributed by atoms with E-state index >= 15 is 0 Å². The zero-order valence-electron chi connectivity index (χ0n) is 12.9. The minimum absolute atomic E-state index is 0.0293. The molecule has 0 saturated carbocycles. The van der Waals surface area contributed by atoms with Crippen molar-refractivity contribution in [3.05, 3.63) is 30.6 Å². The van der Waals surface area contributed by atoms with E-state index < -0.39 is 0 Å². The molecule has 0 spiro atoms. The molecule has 1 aliphatic rings. The average molecular weight is 315 g/mol. The molecule has 7 heteroatoms. The van der Waals surface area contributed by atoms with Crippen LogP contribution in [-0.2, 0) is 4.74 Å². The average Bonchev–Trinajstić information content (AvgIpc) is 3.12. The number of nitrogens with zero attached hydrogens (tertiary/aromatic N) is 3. The van der Waals surface area contributed by atoms with Crippen LogP contribution in [-0.4, -0.2) is 52.5 Å². The van der Waals surface area contributed by atoms with E-state index in [2.05, 4.69) is 25.6 Å². The normalized spacial score (nSPS) is 17.2. The van der Waals surface area contributed by atoms with E-state index in [4.69, 9.17) is 9.84 Å². The highest BCUT2D eigenvalue weighted by Crippen LogP contribution is 2.21. The van der Waals surface area contributed by atoms with Gasteiger partial charge in [-0.05, 0) is 25.0 Å². The van der Waals surface area contributed by atoms with Crippen molar-refractivity contribution >= 4 is 11.8 Å². The van der Waals surface area contributed by atoms with E-state index in [1.54, 1.807) is 12.4 Å². The summed E-state index contributed by atoms with van der Waals surface area (Å²) in [6.07, 6.45) is 5.89. The molecule has 0 amide bonds. The summed E-state index contributed by atoms with van der Waals surface area (Å²) in [5.41, 5.74) is 1.77. The Bertz CT molecular complexity index is 617. The van der Waals surface area contributed by atoms with Gasteiger partial charge in [-0.1, -0.05) is 0 Å². The lowest BCUT2D eigenvalue weighted by atomic mass is 10.2. The van der Waals surface area contributed by atoms with Gasteiger partial charge < -0.3 is 20.5 Å². The summed E-state index contributed by atoms with van der Waals surface area (Å²) in [6.45, 7) is 2.00. The van der Waals surface area contributed by atoms with Gasteiger partial charge in [-0.25, -0.2) is 4.98 Å². The Morgan fingerprint density at radius 1 is 1.22 bits per heavy atom. The molecule has 122 valence electrons. The number of ether oxygens (including phenoxy) is 1. The highest BCUT2D eigenvalue weighted by atomic mass is 16.5. The van der Waals surface area contributed by atoms with Crippen LogP contribution in [0.15, 0.2) is 30.6 Å². The van der Waals surface area contributed by atoms with E-state index in [1.807, 2.05) is 18.2 Å². The summed E-state index contributed by atoms with van der Waals surface area (Å²) in [7, 11) is 0. The Morgan fingerprint density at radius 3 is 2.83 bits per heavy atom. The molecule has 1 aliphatic heterocycles. The fourth-order valence-electron chi connectivity index (χ4n) is 2.48. The van der Waals surface area contributed by atoms with Crippen LogP contribution in [0, 0.1) is 0 Å². The Morgan fingerprint density at radius 2 is 2.09 bits per heavy atom. The van der Waals surface area contributed by atoms with Crippen LogP contribution in [0.2, 0.25) is 0 Å². The van der Waals surface area contributed by atoms with Gasteiger partial charge in [0.15, 0.2) is 0 Å². The standard InChI is InChI=1S/C16H21N5O2/c22-8-7-18-16-20-14(12-3-5-17-6-4-12)10-15(21-16)19-11-13-2-1-9-23-13/h3-6,10,13,22H,1-2,7-9,11H2,(H2,18,19,20,21)/t13-/m0/s1. The van der Waals surface area contributed by atoms with Gasteiger partial charge in [0, 0.05) is 43.7 Å². The third-order valence-corrected chi connectivity index (χ3v) is 3.63. The summed E-state index contributed by atoms with van der Waals surface area (Å²) in [6, 6.07) is 5.72. The Hall–Kier alpha value is -2.25. The second-order valence-corrected chi connectivity index (χ2v) is 5.36. The number of aromatic nitrogens is 3. The largest absolute Gasteiger partial charge is 0.395 e. The van der Waals surface area contributed by atoms with Crippen molar-refractivity contribution in [1.82, 2.24) is 15.0 Å². The molecule has 2 aromatic rings. The van der Waals surface area contributed by atoms with Crippen molar-refractivity contribution in [3.8, 4) is 11.3 Å². The number of rotatable bonds is 7. The first-order chi connectivity index (χ1) is 11.3. The number of nitrogens with one attached hydrogen (secondary N) is 2. The Labute approximate surface area is 135 Å². The van der Waals surface area contributed by atoms with Crippen molar-refractivity contribution in [2.75, 3.05) is 36.9 Å². The van der Waals surface area contributed by atoms with E-state index in [0.29, 0.717) is 12.5 Å². The smallest absolute Gasteiger partial charge is 0.225 e. The molecule has 1 fully saturated rings. The second kappa shape index (κ2) is 7.85. The number of pyridine rings is 1. The van der Waals surface area contributed by atoms with Crippen molar-refractivity contribution in [3.63, 3.8) is 0 Å². The lowest BCUT2D eigenvalue weighted by molar-refractivity contribution is 0.120. The summed E-state index contributed by atoms with van der Waals surface area (Å²) in [5, 5.41) is 15.3. The van der Waals surface area contributed by atoms with Crippen molar-refractivity contribution in [2.24, 2.45) is 0 Å². The van der Waals surface area contributed by atoms with Crippen molar-refractivity contribution < 1.29 is 9.84 Å². The number of hydrogen-bond donors (Lipinski definition) is 3. The third kappa shape index (κ3) is 4.37. The van der Waals surface area contributed by atoms with E-state index in [9.17, 15) is 0 Å². The fourth-order valence-corrected chi connectivity index (χ4v) is 2.48. The third-order valence-electron chi connectivity index (χ3n) is 3.63.